The second-order valence-electron chi connectivity index (χ2n) is 3.44. The lowest BCUT2D eigenvalue weighted by atomic mass is 10.1. The van der Waals surface area contributed by atoms with E-state index in [0.29, 0.717) is 6.07 Å². The van der Waals surface area contributed by atoms with Crippen LogP contribution in [-0.2, 0) is 6.18 Å². The highest BCUT2D eigenvalue weighted by molar-refractivity contribution is 6.37. The summed E-state index contributed by atoms with van der Waals surface area (Å²) < 4.78 is 42.0. The zero-order valence-corrected chi connectivity index (χ0v) is 9.30. The minimum absolute atomic E-state index is 0.0753. The average Bonchev–Trinajstić information content (AvgIpc) is 2.27. The summed E-state index contributed by atoms with van der Waals surface area (Å²) in [6.07, 6.45) is -4.35. The Morgan fingerprint density at radius 3 is 2.50 bits per heavy atom. The van der Waals surface area contributed by atoms with E-state index in [2.05, 4.69) is 4.42 Å². The van der Waals surface area contributed by atoms with Gasteiger partial charge in [-0.2, -0.15) is 13.2 Å². The molecule has 0 atom stereocenters. The molecule has 0 aliphatic heterocycles. The lowest BCUT2D eigenvalue weighted by molar-refractivity contribution is -0.137. The first-order chi connectivity index (χ1) is 8.34. The van der Waals surface area contributed by atoms with Crippen molar-refractivity contribution in [1.29, 1.82) is 0 Å². The van der Waals surface area contributed by atoms with E-state index in [0.717, 1.165) is 12.1 Å². The van der Waals surface area contributed by atoms with Crippen LogP contribution < -0.4 is 5.63 Å². The summed E-state index contributed by atoms with van der Waals surface area (Å²) >= 11 is 5.74. The van der Waals surface area contributed by atoms with Crippen LogP contribution in [0.1, 0.15) is 15.9 Å². The zero-order valence-electron chi connectivity index (χ0n) is 8.55. The second-order valence-corrected chi connectivity index (χ2v) is 3.82. The Morgan fingerprint density at radius 2 is 1.94 bits per heavy atom. The molecule has 1 aromatic carbocycles. The molecule has 2 aromatic rings. The normalized spacial score (nSPS) is 11.8. The van der Waals surface area contributed by atoms with Crippen molar-refractivity contribution in [1.82, 2.24) is 0 Å². The summed E-state index contributed by atoms with van der Waals surface area (Å²) in [6.45, 7) is 0. The summed E-state index contributed by atoms with van der Waals surface area (Å²) in [6, 6.07) is 2.51. The number of alkyl halides is 3. The second kappa shape index (κ2) is 4.13. The van der Waals surface area contributed by atoms with Crippen LogP contribution in [-0.4, -0.2) is 6.29 Å². The van der Waals surface area contributed by atoms with Crippen LogP contribution in [0, 0.1) is 0 Å². The van der Waals surface area contributed by atoms with Crippen LogP contribution in [0.5, 0.6) is 0 Å². The van der Waals surface area contributed by atoms with Gasteiger partial charge < -0.3 is 4.42 Å². The van der Waals surface area contributed by atoms with Gasteiger partial charge in [0.2, 0.25) is 0 Å². The van der Waals surface area contributed by atoms with Gasteiger partial charge in [0.15, 0.2) is 6.29 Å². The highest BCUT2D eigenvalue weighted by atomic mass is 35.5. The Labute approximate surface area is 103 Å². The lowest BCUT2D eigenvalue weighted by Gasteiger charge is -2.07. The van der Waals surface area contributed by atoms with Gasteiger partial charge >= 0.3 is 11.8 Å². The van der Waals surface area contributed by atoms with Gasteiger partial charge in [0.1, 0.15) is 11.1 Å². The van der Waals surface area contributed by atoms with Gasteiger partial charge in [0.05, 0.1) is 10.6 Å². The van der Waals surface area contributed by atoms with Crippen molar-refractivity contribution in [3.05, 3.63) is 44.8 Å². The van der Waals surface area contributed by atoms with Gasteiger partial charge in [-0.15, -0.1) is 0 Å². The van der Waals surface area contributed by atoms with Crippen molar-refractivity contribution >= 4 is 28.9 Å². The van der Waals surface area contributed by atoms with Crippen molar-refractivity contribution in [2.75, 3.05) is 0 Å². The monoisotopic (exact) mass is 276 g/mol. The van der Waals surface area contributed by atoms with Crippen LogP contribution >= 0.6 is 11.6 Å². The van der Waals surface area contributed by atoms with Crippen LogP contribution in [0.4, 0.5) is 13.2 Å². The summed E-state index contributed by atoms with van der Waals surface area (Å²) in [4.78, 5) is 21.9. The molecule has 18 heavy (non-hydrogen) atoms. The number of aldehydes is 1. The molecule has 0 bridgehead atoms. The third-order valence-corrected chi connectivity index (χ3v) is 2.73. The van der Waals surface area contributed by atoms with Crippen molar-refractivity contribution < 1.29 is 22.4 Å². The first-order valence-corrected chi connectivity index (χ1v) is 5.01. The lowest BCUT2D eigenvalue weighted by Crippen LogP contribution is -2.09. The number of hydrogen-bond acceptors (Lipinski definition) is 3. The molecule has 94 valence electrons. The van der Waals surface area contributed by atoms with Crippen LogP contribution in [0.3, 0.4) is 0 Å². The molecule has 1 aromatic heterocycles. The maximum atomic E-state index is 12.5. The standard InChI is InChI=1S/C11H4ClF3O3/c12-9-6-2-1-5(11(13,14)15)3-8(6)18-10(17)7(9)4-16/h1-4H. The quantitative estimate of drug-likeness (QED) is 0.593. The molecular formula is C11H4ClF3O3. The molecule has 7 heteroatoms. The topological polar surface area (TPSA) is 47.3 Å². The molecule has 0 saturated carbocycles. The molecule has 3 nitrogen and oxygen atoms in total. The van der Waals surface area contributed by atoms with Gasteiger partial charge in [-0.25, -0.2) is 4.79 Å². The molecule has 0 aliphatic rings. The van der Waals surface area contributed by atoms with Crippen LogP contribution in [0.25, 0.3) is 11.0 Å². The Kier molecular flexibility index (Phi) is 2.90. The highest BCUT2D eigenvalue weighted by Crippen LogP contribution is 2.33. The minimum atomic E-state index is -4.55. The molecule has 0 saturated heterocycles. The number of carbonyl (C=O) groups is 1. The highest BCUT2D eigenvalue weighted by Gasteiger charge is 2.31. The fourth-order valence-corrected chi connectivity index (χ4v) is 1.73. The van der Waals surface area contributed by atoms with Crippen LogP contribution in [0.2, 0.25) is 5.02 Å². The summed E-state index contributed by atoms with van der Waals surface area (Å²) in [5, 5.41) is -0.142. The predicted molar refractivity (Wildman–Crippen MR) is 57.9 cm³/mol. The van der Waals surface area contributed by atoms with Gasteiger partial charge in [0, 0.05) is 5.39 Å². The molecule has 0 spiro atoms. The molecule has 0 aliphatic carbocycles. The van der Waals surface area contributed by atoms with Crippen molar-refractivity contribution in [2.24, 2.45) is 0 Å². The summed E-state index contributed by atoms with van der Waals surface area (Å²) in [5.74, 6) is 0. The SMILES string of the molecule is O=Cc1c(Cl)c2ccc(C(F)(F)F)cc2oc1=O. The van der Waals surface area contributed by atoms with E-state index in [-0.39, 0.29) is 22.3 Å². The number of rotatable bonds is 1. The Hall–Kier alpha value is -1.82. The Balaban J connectivity index is 2.82. The number of benzene rings is 1. The van der Waals surface area contributed by atoms with E-state index in [4.69, 9.17) is 11.6 Å². The van der Waals surface area contributed by atoms with E-state index >= 15 is 0 Å². The molecule has 0 unspecified atom stereocenters. The predicted octanol–water partition coefficient (Wildman–Crippen LogP) is 3.28. The van der Waals surface area contributed by atoms with E-state index in [1.807, 2.05) is 0 Å². The first-order valence-electron chi connectivity index (χ1n) is 4.63. The third-order valence-electron chi connectivity index (χ3n) is 2.32. The summed E-state index contributed by atoms with van der Waals surface area (Å²) in [7, 11) is 0. The van der Waals surface area contributed by atoms with E-state index in [1.165, 1.54) is 0 Å². The maximum Gasteiger partial charge on any atom is 0.416 e. The number of hydrogen-bond donors (Lipinski definition) is 0. The average molecular weight is 277 g/mol. The van der Waals surface area contributed by atoms with E-state index in [9.17, 15) is 22.8 Å². The number of halogens is 4. The van der Waals surface area contributed by atoms with Gasteiger partial charge in [-0.05, 0) is 18.2 Å². The van der Waals surface area contributed by atoms with Gasteiger partial charge in [-0.1, -0.05) is 11.6 Å². The first kappa shape index (κ1) is 12.6. The van der Waals surface area contributed by atoms with Gasteiger partial charge in [-0.3, -0.25) is 4.79 Å². The molecule has 1 heterocycles. The molecule has 0 fully saturated rings. The summed E-state index contributed by atoms with van der Waals surface area (Å²) in [5.41, 5.74) is -2.76. The fourth-order valence-electron chi connectivity index (χ4n) is 1.45. The fraction of sp³-hybridized carbons (Fsp3) is 0.0909. The zero-order chi connectivity index (χ0) is 13.5. The number of carbonyl (C=O) groups excluding carboxylic acids is 1. The molecular weight excluding hydrogens is 273 g/mol. The number of fused-ring (bicyclic) bond motifs is 1. The molecule has 0 radical (unpaired) electrons. The van der Waals surface area contributed by atoms with Gasteiger partial charge in [0.25, 0.3) is 0 Å². The molecule has 0 amide bonds. The maximum absolute atomic E-state index is 12.5. The Bertz CT molecular complexity index is 688. The van der Waals surface area contributed by atoms with E-state index in [1.54, 1.807) is 0 Å². The minimum Gasteiger partial charge on any atom is -0.422 e. The smallest absolute Gasteiger partial charge is 0.416 e. The molecule has 2 rings (SSSR count). The van der Waals surface area contributed by atoms with Crippen molar-refractivity contribution in [3.8, 4) is 0 Å². The third kappa shape index (κ3) is 1.99. The molecule has 0 N–H and O–H groups in total. The van der Waals surface area contributed by atoms with Crippen LogP contribution in [0.15, 0.2) is 27.4 Å². The Morgan fingerprint density at radius 1 is 1.28 bits per heavy atom. The largest absolute Gasteiger partial charge is 0.422 e. The van der Waals surface area contributed by atoms with E-state index < -0.39 is 22.9 Å². The van der Waals surface area contributed by atoms with Crippen molar-refractivity contribution in [3.63, 3.8) is 0 Å². The van der Waals surface area contributed by atoms with Crippen molar-refractivity contribution in [2.45, 2.75) is 6.18 Å².